The van der Waals surface area contributed by atoms with Crippen molar-refractivity contribution in [3.05, 3.63) is 26.6 Å². The van der Waals surface area contributed by atoms with Crippen LogP contribution in [0, 0.1) is 4.77 Å². The Hall–Kier alpha value is -0.590. The molecule has 0 bridgehead atoms. The van der Waals surface area contributed by atoms with Gasteiger partial charge in [0.2, 0.25) is 0 Å². The van der Waals surface area contributed by atoms with Crippen LogP contribution in [0.25, 0.3) is 10.2 Å². The van der Waals surface area contributed by atoms with Crippen LogP contribution in [0.5, 0.6) is 0 Å². The summed E-state index contributed by atoms with van der Waals surface area (Å²) in [6.45, 7) is 2.19. The standard InChI is InChI=1S/C13H16N2OS3/c1-2-18-9-4-3-8(7-9)15-12(16)11-10(5-6-19-11)14-13(15)17/h5-6,8-9H,2-4,7H2,1H3,(H,14,17). The van der Waals surface area contributed by atoms with Crippen LogP contribution < -0.4 is 5.56 Å². The Morgan fingerprint density at radius 3 is 3.21 bits per heavy atom. The third-order valence-corrected chi connectivity index (χ3v) is 6.10. The molecule has 1 aliphatic carbocycles. The van der Waals surface area contributed by atoms with Crippen LogP contribution in [0.15, 0.2) is 16.2 Å². The molecule has 0 aromatic carbocycles. The first-order valence-electron chi connectivity index (χ1n) is 6.54. The monoisotopic (exact) mass is 312 g/mol. The van der Waals surface area contributed by atoms with E-state index in [-0.39, 0.29) is 11.6 Å². The molecular weight excluding hydrogens is 296 g/mol. The van der Waals surface area contributed by atoms with E-state index < -0.39 is 0 Å². The fourth-order valence-corrected chi connectivity index (χ4v) is 5.08. The maximum Gasteiger partial charge on any atom is 0.272 e. The van der Waals surface area contributed by atoms with Gasteiger partial charge in [0.15, 0.2) is 4.77 Å². The summed E-state index contributed by atoms with van der Waals surface area (Å²) in [6, 6.07) is 2.19. The van der Waals surface area contributed by atoms with Crippen molar-refractivity contribution < 1.29 is 0 Å². The second-order valence-electron chi connectivity index (χ2n) is 4.81. The van der Waals surface area contributed by atoms with Gasteiger partial charge < -0.3 is 4.98 Å². The fourth-order valence-electron chi connectivity index (χ4n) is 2.82. The van der Waals surface area contributed by atoms with E-state index in [4.69, 9.17) is 12.2 Å². The molecule has 0 radical (unpaired) electrons. The predicted molar refractivity (Wildman–Crippen MR) is 86.1 cm³/mol. The molecule has 0 amide bonds. The van der Waals surface area contributed by atoms with Crippen LogP contribution in [0.2, 0.25) is 0 Å². The van der Waals surface area contributed by atoms with Gasteiger partial charge in [-0.15, -0.1) is 11.3 Å². The van der Waals surface area contributed by atoms with Gasteiger partial charge in [-0.1, -0.05) is 6.92 Å². The topological polar surface area (TPSA) is 37.8 Å². The Labute approximate surface area is 125 Å². The average Bonchev–Trinajstić information content (AvgIpc) is 2.99. The molecule has 1 fully saturated rings. The second kappa shape index (κ2) is 5.42. The molecule has 3 rings (SSSR count). The van der Waals surface area contributed by atoms with Gasteiger partial charge in [0.05, 0.1) is 5.52 Å². The Morgan fingerprint density at radius 1 is 1.58 bits per heavy atom. The molecule has 2 heterocycles. The number of thioether (sulfide) groups is 1. The van der Waals surface area contributed by atoms with Gasteiger partial charge in [0.25, 0.3) is 5.56 Å². The molecule has 2 aromatic rings. The molecule has 0 aliphatic heterocycles. The van der Waals surface area contributed by atoms with Gasteiger partial charge in [-0.05, 0) is 48.7 Å². The number of fused-ring (bicyclic) bond motifs is 1. The first-order valence-corrected chi connectivity index (χ1v) is 8.88. The van der Waals surface area contributed by atoms with Crippen molar-refractivity contribution >= 4 is 45.5 Å². The minimum Gasteiger partial charge on any atom is -0.331 e. The van der Waals surface area contributed by atoms with Crippen molar-refractivity contribution in [3.63, 3.8) is 0 Å². The Bertz CT molecular complexity index is 700. The Kier molecular flexibility index (Phi) is 3.82. The highest BCUT2D eigenvalue weighted by Gasteiger charge is 2.27. The molecule has 2 atom stereocenters. The molecule has 102 valence electrons. The van der Waals surface area contributed by atoms with Gasteiger partial charge in [0.1, 0.15) is 4.70 Å². The lowest BCUT2D eigenvalue weighted by molar-refractivity contribution is 0.494. The summed E-state index contributed by atoms with van der Waals surface area (Å²) in [5.74, 6) is 1.14. The van der Waals surface area contributed by atoms with Crippen LogP contribution in [-0.4, -0.2) is 20.6 Å². The van der Waals surface area contributed by atoms with Crippen LogP contribution in [-0.2, 0) is 0 Å². The summed E-state index contributed by atoms with van der Waals surface area (Å²) in [7, 11) is 0. The number of rotatable bonds is 3. The molecule has 6 heteroatoms. The molecule has 1 saturated carbocycles. The number of H-pyrrole nitrogens is 1. The third-order valence-electron chi connectivity index (χ3n) is 3.66. The smallest absolute Gasteiger partial charge is 0.272 e. The van der Waals surface area contributed by atoms with E-state index in [1.165, 1.54) is 17.8 Å². The molecular formula is C13H16N2OS3. The van der Waals surface area contributed by atoms with Gasteiger partial charge >= 0.3 is 0 Å². The zero-order chi connectivity index (χ0) is 13.4. The zero-order valence-corrected chi connectivity index (χ0v) is 13.2. The van der Waals surface area contributed by atoms with E-state index in [1.807, 2.05) is 27.8 Å². The zero-order valence-electron chi connectivity index (χ0n) is 10.7. The van der Waals surface area contributed by atoms with Crippen molar-refractivity contribution in [1.82, 2.24) is 9.55 Å². The number of aromatic amines is 1. The predicted octanol–water partition coefficient (Wildman–Crippen LogP) is 3.97. The highest BCUT2D eigenvalue weighted by molar-refractivity contribution is 7.99. The number of nitrogens with one attached hydrogen (secondary N) is 1. The highest BCUT2D eigenvalue weighted by atomic mass is 32.2. The lowest BCUT2D eigenvalue weighted by atomic mass is 10.2. The number of thiophene rings is 1. The quantitative estimate of drug-likeness (QED) is 0.872. The average molecular weight is 312 g/mol. The van der Waals surface area contributed by atoms with E-state index in [0.717, 1.165) is 28.8 Å². The molecule has 1 N–H and O–H groups in total. The fraction of sp³-hybridized carbons (Fsp3) is 0.538. The largest absolute Gasteiger partial charge is 0.331 e. The van der Waals surface area contributed by atoms with E-state index in [0.29, 0.717) is 10.0 Å². The normalized spacial score (nSPS) is 23.2. The highest BCUT2D eigenvalue weighted by Crippen LogP contribution is 2.36. The summed E-state index contributed by atoms with van der Waals surface area (Å²) >= 11 is 8.87. The molecule has 1 aliphatic rings. The van der Waals surface area contributed by atoms with Gasteiger partial charge in [-0.25, -0.2) is 0 Å². The van der Waals surface area contributed by atoms with Gasteiger partial charge in [-0.2, -0.15) is 11.8 Å². The lowest BCUT2D eigenvalue weighted by Crippen LogP contribution is -2.25. The van der Waals surface area contributed by atoms with Crippen molar-refractivity contribution in [3.8, 4) is 0 Å². The van der Waals surface area contributed by atoms with Crippen molar-refractivity contribution in [2.24, 2.45) is 0 Å². The van der Waals surface area contributed by atoms with E-state index in [2.05, 4.69) is 11.9 Å². The molecule has 19 heavy (non-hydrogen) atoms. The van der Waals surface area contributed by atoms with Crippen LogP contribution >= 0.6 is 35.3 Å². The SMILES string of the molecule is CCSC1CCC(n2c(=S)[nH]c3ccsc3c2=O)C1. The lowest BCUT2D eigenvalue weighted by Gasteiger charge is -2.14. The third kappa shape index (κ3) is 2.41. The van der Waals surface area contributed by atoms with Crippen molar-refractivity contribution in [1.29, 1.82) is 0 Å². The minimum atomic E-state index is 0.0842. The summed E-state index contributed by atoms with van der Waals surface area (Å²) in [4.78, 5) is 15.7. The first kappa shape index (κ1) is 13.4. The summed E-state index contributed by atoms with van der Waals surface area (Å²) in [6.07, 6.45) is 3.31. The molecule has 2 aromatic heterocycles. The number of hydrogen-bond donors (Lipinski definition) is 1. The van der Waals surface area contributed by atoms with Crippen LogP contribution in [0.1, 0.15) is 32.2 Å². The number of aromatic nitrogens is 2. The van der Waals surface area contributed by atoms with Crippen LogP contribution in [0.4, 0.5) is 0 Å². The summed E-state index contributed by atoms with van der Waals surface area (Å²) < 4.78 is 3.17. The van der Waals surface area contributed by atoms with Crippen LogP contribution in [0.3, 0.4) is 0 Å². The van der Waals surface area contributed by atoms with Gasteiger partial charge in [-0.3, -0.25) is 9.36 Å². The minimum absolute atomic E-state index is 0.0842. The Morgan fingerprint density at radius 2 is 2.42 bits per heavy atom. The molecule has 0 saturated heterocycles. The summed E-state index contributed by atoms with van der Waals surface area (Å²) in [5.41, 5.74) is 0.953. The number of hydrogen-bond acceptors (Lipinski definition) is 4. The molecule has 3 nitrogen and oxygen atoms in total. The number of nitrogens with zero attached hydrogens (tertiary/aromatic N) is 1. The molecule has 2 unspecified atom stereocenters. The summed E-state index contributed by atoms with van der Waals surface area (Å²) in [5, 5.41) is 2.61. The second-order valence-corrected chi connectivity index (χ2v) is 7.69. The maximum atomic E-state index is 12.5. The Balaban J connectivity index is 2.01. The first-order chi connectivity index (χ1) is 9.20. The molecule has 0 spiro atoms. The van der Waals surface area contributed by atoms with Crippen molar-refractivity contribution in [2.45, 2.75) is 37.5 Å². The van der Waals surface area contributed by atoms with E-state index in [1.54, 1.807) is 0 Å². The van der Waals surface area contributed by atoms with E-state index in [9.17, 15) is 4.79 Å². The van der Waals surface area contributed by atoms with E-state index >= 15 is 0 Å². The van der Waals surface area contributed by atoms with Crippen molar-refractivity contribution in [2.75, 3.05) is 5.75 Å². The van der Waals surface area contributed by atoms with Gasteiger partial charge in [0, 0.05) is 11.3 Å². The maximum absolute atomic E-state index is 12.5.